The predicted molar refractivity (Wildman–Crippen MR) is 120 cm³/mol. The molecule has 0 unspecified atom stereocenters. The average Bonchev–Trinajstić information content (AvgIpc) is 3.17. The van der Waals surface area contributed by atoms with E-state index in [1.54, 1.807) is 13.0 Å². The Hall–Kier alpha value is -3.12. The third kappa shape index (κ3) is 5.48. The highest BCUT2D eigenvalue weighted by Gasteiger charge is 2.20. The lowest BCUT2D eigenvalue weighted by Gasteiger charge is -2.10. The molecule has 0 aliphatic heterocycles. The monoisotopic (exact) mass is 423 g/mol. The van der Waals surface area contributed by atoms with Gasteiger partial charge in [-0.15, -0.1) is 11.3 Å². The minimum Gasteiger partial charge on any atom is -0.484 e. The van der Waals surface area contributed by atoms with Gasteiger partial charge < -0.3 is 14.8 Å². The summed E-state index contributed by atoms with van der Waals surface area (Å²) in [7, 11) is 0. The molecule has 30 heavy (non-hydrogen) atoms. The van der Waals surface area contributed by atoms with Gasteiger partial charge in [0.15, 0.2) is 6.61 Å². The quantitative estimate of drug-likeness (QED) is 0.470. The summed E-state index contributed by atoms with van der Waals surface area (Å²) in [5.41, 5.74) is 2.45. The second-order valence-electron chi connectivity index (χ2n) is 7.00. The number of carbonyl (C=O) groups excluding carboxylic acids is 2. The smallest absolute Gasteiger partial charge is 0.341 e. The van der Waals surface area contributed by atoms with Crippen LogP contribution in [-0.2, 0) is 9.53 Å². The Balaban J connectivity index is 1.74. The average molecular weight is 424 g/mol. The molecule has 0 radical (unpaired) electrons. The molecule has 0 saturated heterocycles. The maximum Gasteiger partial charge on any atom is 0.341 e. The molecule has 3 aromatic rings. The highest BCUT2D eigenvalue weighted by molar-refractivity contribution is 7.20. The minimum absolute atomic E-state index is 0.150. The number of thiophene rings is 1. The van der Waals surface area contributed by atoms with Crippen LogP contribution in [0, 0.1) is 0 Å². The Morgan fingerprint density at radius 2 is 1.80 bits per heavy atom. The van der Waals surface area contributed by atoms with Gasteiger partial charge >= 0.3 is 5.97 Å². The van der Waals surface area contributed by atoms with Crippen LogP contribution in [0.2, 0.25) is 0 Å². The van der Waals surface area contributed by atoms with Gasteiger partial charge in [0.1, 0.15) is 10.8 Å². The summed E-state index contributed by atoms with van der Waals surface area (Å²) in [6, 6.07) is 19.1. The first-order valence-corrected chi connectivity index (χ1v) is 10.7. The van der Waals surface area contributed by atoms with Gasteiger partial charge in [0.2, 0.25) is 0 Å². The van der Waals surface area contributed by atoms with E-state index in [0.29, 0.717) is 22.2 Å². The van der Waals surface area contributed by atoms with Crippen molar-refractivity contribution in [2.24, 2.45) is 0 Å². The zero-order chi connectivity index (χ0) is 21.5. The van der Waals surface area contributed by atoms with Gasteiger partial charge in [-0.05, 0) is 42.2 Å². The number of hydrogen-bond acceptors (Lipinski definition) is 5. The third-order valence-corrected chi connectivity index (χ3v) is 5.53. The van der Waals surface area contributed by atoms with Gasteiger partial charge in [0, 0.05) is 4.88 Å². The molecule has 0 atom stereocenters. The predicted octanol–water partition coefficient (Wildman–Crippen LogP) is 5.73. The Kier molecular flexibility index (Phi) is 7.25. The summed E-state index contributed by atoms with van der Waals surface area (Å²) in [6.45, 7) is 6.06. The van der Waals surface area contributed by atoms with Crippen molar-refractivity contribution < 1.29 is 19.1 Å². The summed E-state index contributed by atoms with van der Waals surface area (Å²) in [5.74, 6) is 0.212. The van der Waals surface area contributed by atoms with Crippen molar-refractivity contribution in [3.8, 4) is 16.2 Å². The molecule has 0 saturated carbocycles. The van der Waals surface area contributed by atoms with Crippen LogP contribution in [0.5, 0.6) is 5.75 Å². The minimum atomic E-state index is -0.461. The fourth-order valence-corrected chi connectivity index (χ4v) is 3.93. The summed E-state index contributed by atoms with van der Waals surface area (Å²) >= 11 is 1.33. The fourth-order valence-electron chi connectivity index (χ4n) is 2.86. The molecule has 0 aliphatic carbocycles. The number of benzene rings is 2. The number of ether oxygens (including phenoxy) is 2. The molecule has 0 aliphatic rings. The van der Waals surface area contributed by atoms with E-state index in [2.05, 4.69) is 19.2 Å². The first-order valence-electron chi connectivity index (χ1n) is 9.87. The molecule has 1 amide bonds. The Morgan fingerprint density at radius 3 is 2.50 bits per heavy atom. The maximum absolute atomic E-state index is 12.5. The number of carbonyl (C=O) groups is 2. The molecule has 156 valence electrons. The number of rotatable bonds is 8. The van der Waals surface area contributed by atoms with Gasteiger partial charge in [0.25, 0.3) is 5.91 Å². The van der Waals surface area contributed by atoms with Crippen molar-refractivity contribution in [2.45, 2.75) is 26.7 Å². The molecule has 3 rings (SSSR count). The van der Waals surface area contributed by atoms with E-state index in [-0.39, 0.29) is 19.1 Å². The van der Waals surface area contributed by atoms with Crippen molar-refractivity contribution in [3.05, 3.63) is 71.8 Å². The molecule has 1 N–H and O–H groups in total. The topological polar surface area (TPSA) is 64.6 Å². The molecule has 0 spiro atoms. The molecule has 6 heteroatoms. The van der Waals surface area contributed by atoms with Gasteiger partial charge in [0.05, 0.1) is 12.2 Å². The van der Waals surface area contributed by atoms with Crippen LogP contribution in [0.3, 0.4) is 0 Å². The summed E-state index contributed by atoms with van der Waals surface area (Å²) in [6.07, 6.45) is 0. The van der Waals surface area contributed by atoms with E-state index < -0.39 is 5.97 Å². The second-order valence-corrected chi connectivity index (χ2v) is 8.06. The van der Waals surface area contributed by atoms with Crippen LogP contribution >= 0.6 is 11.3 Å². The molecule has 1 aromatic heterocycles. The van der Waals surface area contributed by atoms with Gasteiger partial charge in [-0.2, -0.15) is 0 Å². The van der Waals surface area contributed by atoms with Crippen LogP contribution in [0.1, 0.15) is 42.6 Å². The molecule has 2 aromatic carbocycles. The van der Waals surface area contributed by atoms with E-state index in [1.165, 1.54) is 11.3 Å². The van der Waals surface area contributed by atoms with Crippen molar-refractivity contribution in [3.63, 3.8) is 0 Å². The number of hydrogen-bond donors (Lipinski definition) is 1. The highest BCUT2D eigenvalue weighted by Crippen LogP contribution is 2.36. The molecule has 0 bridgehead atoms. The molecular formula is C24H25NO4S. The normalized spacial score (nSPS) is 10.7. The van der Waals surface area contributed by atoms with Gasteiger partial charge in [-0.25, -0.2) is 4.79 Å². The Morgan fingerprint density at radius 1 is 1.03 bits per heavy atom. The molecular weight excluding hydrogens is 398 g/mol. The lowest BCUT2D eigenvalue weighted by Crippen LogP contribution is -2.21. The SMILES string of the molecule is CCOC(=O)c1cc(-c2ccccc2)sc1NC(=O)COc1cccc(C(C)C)c1. The lowest BCUT2D eigenvalue weighted by molar-refractivity contribution is -0.118. The van der Waals surface area contributed by atoms with Crippen LogP contribution < -0.4 is 10.1 Å². The van der Waals surface area contributed by atoms with Crippen molar-refractivity contribution in [1.82, 2.24) is 0 Å². The van der Waals surface area contributed by atoms with Crippen LogP contribution in [0.15, 0.2) is 60.7 Å². The number of anilines is 1. The summed E-state index contributed by atoms with van der Waals surface area (Å²) in [5, 5.41) is 3.26. The molecule has 0 fully saturated rings. The Bertz CT molecular complexity index is 1010. The molecule has 1 heterocycles. The molecule has 5 nitrogen and oxygen atoms in total. The number of amides is 1. The van der Waals surface area contributed by atoms with E-state index in [0.717, 1.165) is 16.0 Å². The zero-order valence-electron chi connectivity index (χ0n) is 17.3. The number of nitrogens with one attached hydrogen (secondary N) is 1. The van der Waals surface area contributed by atoms with Gasteiger partial charge in [-0.1, -0.05) is 56.3 Å². The highest BCUT2D eigenvalue weighted by atomic mass is 32.1. The maximum atomic E-state index is 12.5. The van der Waals surface area contributed by atoms with Crippen molar-refractivity contribution in [1.29, 1.82) is 0 Å². The third-order valence-electron chi connectivity index (χ3n) is 4.43. The van der Waals surface area contributed by atoms with Crippen molar-refractivity contribution >= 4 is 28.2 Å². The first-order chi connectivity index (χ1) is 14.5. The van der Waals surface area contributed by atoms with Crippen LogP contribution in [0.25, 0.3) is 10.4 Å². The van der Waals surface area contributed by atoms with Crippen LogP contribution in [-0.4, -0.2) is 25.1 Å². The fraction of sp³-hybridized carbons (Fsp3) is 0.250. The van der Waals surface area contributed by atoms with E-state index >= 15 is 0 Å². The van der Waals surface area contributed by atoms with E-state index in [9.17, 15) is 9.59 Å². The summed E-state index contributed by atoms with van der Waals surface area (Å²) < 4.78 is 10.8. The first kappa shape index (κ1) is 21.6. The second kappa shape index (κ2) is 10.1. The zero-order valence-corrected chi connectivity index (χ0v) is 18.1. The Labute approximate surface area is 180 Å². The standard InChI is InChI=1S/C24H25NO4S/c1-4-28-24(27)20-14-21(17-9-6-5-7-10-17)30-23(20)25-22(26)15-29-19-12-8-11-18(13-19)16(2)3/h5-14,16H,4,15H2,1-3H3,(H,25,26). The summed E-state index contributed by atoms with van der Waals surface area (Å²) in [4.78, 5) is 25.8. The lowest BCUT2D eigenvalue weighted by atomic mass is 10.0. The van der Waals surface area contributed by atoms with Crippen molar-refractivity contribution in [2.75, 3.05) is 18.5 Å². The number of esters is 1. The largest absolute Gasteiger partial charge is 0.484 e. The van der Waals surface area contributed by atoms with Crippen LogP contribution in [0.4, 0.5) is 5.00 Å². The van der Waals surface area contributed by atoms with E-state index in [4.69, 9.17) is 9.47 Å². The van der Waals surface area contributed by atoms with E-state index in [1.807, 2.05) is 54.6 Å². The van der Waals surface area contributed by atoms with Gasteiger partial charge in [-0.3, -0.25) is 4.79 Å².